The van der Waals surface area contributed by atoms with E-state index in [4.69, 9.17) is 32.7 Å². The number of hydrogen-bond donors (Lipinski definition) is 0. The molecule has 0 N–H and O–H groups in total. The van der Waals surface area contributed by atoms with Gasteiger partial charge in [-0.2, -0.15) is 0 Å². The van der Waals surface area contributed by atoms with E-state index in [1.807, 2.05) is 30.3 Å². The molecule has 0 fully saturated rings. The SMILES string of the molecule is Clc1cc2c(cc1C(Cl)c1ccc(I)cc1)OCCO2. The Morgan fingerprint density at radius 1 is 1.00 bits per heavy atom. The Hall–Kier alpha value is -0.650. The molecule has 1 aliphatic heterocycles. The van der Waals surface area contributed by atoms with Crippen molar-refractivity contribution >= 4 is 45.8 Å². The molecule has 0 saturated carbocycles. The molecule has 0 radical (unpaired) electrons. The second-order valence-electron chi connectivity index (χ2n) is 4.43. The van der Waals surface area contributed by atoms with Crippen molar-refractivity contribution in [2.75, 3.05) is 13.2 Å². The van der Waals surface area contributed by atoms with Crippen LogP contribution in [-0.2, 0) is 0 Å². The van der Waals surface area contributed by atoms with Crippen molar-refractivity contribution in [3.63, 3.8) is 0 Å². The molecule has 0 spiro atoms. The van der Waals surface area contributed by atoms with Crippen LogP contribution in [0.4, 0.5) is 0 Å². The molecule has 5 heteroatoms. The zero-order chi connectivity index (χ0) is 14.1. The lowest BCUT2D eigenvalue weighted by Crippen LogP contribution is -2.15. The van der Waals surface area contributed by atoms with E-state index >= 15 is 0 Å². The van der Waals surface area contributed by atoms with Gasteiger partial charge in [0.2, 0.25) is 0 Å². The molecule has 2 aromatic carbocycles. The molecule has 1 atom stereocenters. The zero-order valence-electron chi connectivity index (χ0n) is 10.4. The summed E-state index contributed by atoms with van der Waals surface area (Å²) >= 11 is 15.1. The van der Waals surface area contributed by atoms with Crippen LogP contribution in [0.3, 0.4) is 0 Å². The lowest BCUT2D eigenvalue weighted by atomic mass is 10.0. The largest absolute Gasteiger partial charge is 0.486 e. The van der Waals surface area contributed by atoms with Gasteiger partial charge in [0, 0.05) is 14.7 Å². The van der Waals surface area contributed by atoms with Crippen molar-refractivity contribution in [3.05, 3.63) is 56.1 Å². The maximum absolute atomic E-state index is 6.55. The number of alkyl halides is 1. The van der Waals surface area contributed by atoms with Gasteiger partial charge in [0.05, 0.1) is 5.38 Å². The summed E-state index contributed by atoms with van der Waals surface area (Å²) in [5, 5.41) is 0.281. The van der Waals surface area contributed by atoms with Gasteiger partial charge in [-0.1, -0.05) is 23.7 Å². The average molecular weight is 421 g/mol. The smallest absolute Gasteiger partial charge is 0.162 e. The van der Waals surface area contributed by atoms with E-state index in [2.05, 4.69) is 22.6 Å². The van der Waals surface area contributed by atoms with Crippen LogP contribution in [0.1, 0.15) is 16.5 Å². The van der Waals surface area contributed by atoms with E-state index in [0.29, 0.717) is 29.7 Å². The molecule has 2 nitrogen and oxygen atoms in total. The molecule has 3 rings (SSSR count). The first-order valence-electron chi connectivity index (χ1n) is 6.14. The topological polar surface area (TPSA) is 18.5 Å². The van der Waals surface area contributed by atoms with Crippen LogP contribution in [0, 0.1) is 3.57 Å². The first kappa shape index (κ1) is 14.3. The predicted octanol–water partition coefficient (Wildman–Crippen LogP) is 5.04. The third-order valence-corrected chi connectivity index (χ3v) is 4.63. The minimum absolute atomic E-state index is 0.310. The fraction of sp³-hybridized carbons (Fsp3) is 0.200. The van der Waals surface area contributed by atoms with E-state index in [0.717, 1.165) is 11.1 Å². The summed E-state index contributed by atoms with van der Waals surface area (Å²) < 4.78 is 12.3. The van der Waals surface area contributed by atoms with Crippen LogP contribution in [-0.4, -0.2) is 13.2 Å². The van der Waals surface area contributed by atoms with Crippen molar-refractivity contribution < 1.29 is 9.47 Å². The maximum atomic E-state index is 6.55. The Morgan fingerprint density at radius 3 is 2.25 bits per heavy atom. The van der Waals surface area contributed by atoms with Gasteiger partial charge in [0.15, 0.2) is 11.5 Å². The molecule has 1 unspecified atom stereocenters. The van der Waals surface area contributed by atoms with Gasteiger partial charge in [-0.25, -0.2) is 0 Å². The van der Waals surface area contributed by atoms with Gasteiger partial charge >= 0.3 is 0 Å². The van der Waals surface area contributed by atoms with E-state index in [9.17, 15) is 0 Å². The Balaban J connectivity index is 1.98. The second-order valence-corrected chi connectivity index (χ2v) is 6.52. The Kier molecular flexibility index (Phi) is 4.29. The number of hydrogen-bond acceptors (Lipinski definition) is 2. The van der Waals surface area contributed by atoms with Crippen LogP contribution in [0.2, 0.25) is 5.02 Å². The van der Waals surface area contributed by atoms with Crippen LogP contribution in [0.25, 0.3) is 0 Å². The van der Waals surface area contributed by atoms with E-state index in [-0.39, 0.29) is 5.38 Å². The highest BCUT2D eigenvalue weighted by molar-refractivity contribution is 14.1. The van der Waals surface area contributed by atoms with E-state index in [1.54, 1.807) is 6.07 Å². The predicted molar refractivity (Wildman–Crippen MR) is 89.3 cm³/mol. The Labute approximate surface area is 141 Å². The van der Waals surface area contributed by atoms with Gasteiger partial charge in [-0.05, 0) is 51.9 Å². The molecular formula is C15H11Cl2IO2. The third kappa shape index (κ3) is 2.85. The number of fused-ring (bicyclic) bond motifs is 1. The standard InChI is InChI=1S/C15H11Cl2IO2/c16-12-8-14-13(19-5-6-20-14)7-11(12)15(17)9-1-3-10(18)4-2-9/h1-4,7-8,15H,5-6H2. The Morgan fingerprint density at radius 2 is 1.60 bits per heavy atom. The second kappa shape index (κ2) is 6.00. The lowest BCUT2D eigenvalue weighted by molar-refractivity contribution is 0.171. The van der Waals surface area contributed by atoms with Crippen LogP contribution < -0.4 is 9.47 Å². The van der Waals surface area contributed by atoms with Crippen molar-refractivity contribution in [1.29, 1.82) is 0 Å². The van der Waals surface area contributed by atoms with Crippen molar-refractivity contribution in [2.24, 2.45) is 0 Å². The highest BCUT2D eigenvalue weighted by Crippen LogP contribution is 2.41. The van der Waals surface area contributed by atoms with E-state index in [1.165, 1.54) is 3.57 Å². The summed E-state index contributed by atoms with van der Waals surface area (Å²) in [5.41, 5.74) is 1.84. The molecule has 1 heterocycles. The van der Waals surface area contributed by atoms with Crippen LogP contribution in [0.15, 0.2) is 36.4 Å². The minimum Gasteiger partial charge on any atom is -0.486 e. The lowest BCUT2D eigenvalue weighted by Gasteiger charge is -2.21. The summed E-state index contributed by atoms with van der Waals surface area (Å²) in [4.78, 5) is 0. The van der Waals surface area contributed by atoms with E-state index < -0.39 is 0 Å². The molecule has 0 saturated heterocycles. The normalized spacial score (nSPS) is 14.9. The van der Waals surface area contributed by atoms with Crippen molar-refractivity contribution in [2.45, 2.75) is 5.38 Å². The first-order valence-corrected chi connectivity index (χ1v) is 8.03. The maximum Gasteiger partial charge on any atom is 0.162 e. The fourth-order valence-electron chi connectivity index (χ4n) is 2.09. The van der Waals surface area contributed by atoms with Gasteiger partial charge < -0.3 is 9.47 Å². The van der Waals surface area contributed by atoms with Crippen LogP contribution >= 0.6 is 45.8 Å². The molecule has 104 valence electrons. The third-order valence-electron chi connectivity index (χ3n) is 3.10. The van der Waals surface area contributed by atoms with Gasteiger partial charge in [0.25, 0.3) is 0 Å². The summed E-state index contributed by atoms with van der Waals surface area (Å²) in [6, 6.07) is 11.7. The van der Waals surface area contributed by atoms with Crippen LogP contribution in [0.5, 0.6) is 11.5 Å². The summed E-state index contributed by atoms with van der Waals surface area (Å²) in [6.45, 7) is 1.09. The van der Waals surface area contributed by atoms with Crippen molar-refractivity contribution in [1.82, 2.24) is 0 Å². The molecule has 1 aliphatic rings. The number of rotatable bonds is 2. The van der Waals surface area contributed by atoms with Gasteiger partial charge in [-0.15, -0.1) is 11.6 Å². The zero-order valence-corrected chi connectivity index (χ0v) is 14.1. The summed E-state index contributed by atoms with van der Waals surface area (Å²) in [7, 11) is 0. The average Bonchev–Trinajstić information content (AvgIpc) is 2.46. The molecule has 0 bridgehead atoms. The molecule has 20 heavy (non-hydrogen) atoms. The van der Waals surface area contributed by atoms with Gasteiger partial charge in [-0.3, -0.25) is 0 Å². The molecule has 0 amide bonds. The quantitative estimate of drug-likeness (QED) is 0.500. The first-order chi connectivity index (χ1) is 9.65. The summed E-state index contributed by atoms with van der Waals surface area (Å²) in [5.74, 6) is 1.38. The monoisotopic (exact) mass is 420 g/mol. The molecule has 0 aromatic heterocycles. The van der Waals surface area contributed by atoms with Crippen molar-refractivity contribution in [3.8, 4) is 11.5 Å². The number of benzene rings is 2. The minimum atomic E-state index is -0.310. The molecule has 0 aliphatic carbocycles. The Bertz CT molecular complexity index is 629. The fourth-order valence-corrected chi connectivity index (χ4v) is 3.09. The highest BCUT2D eigenvalue weighted by Gasteiger charge is 2.20. The molecular weight excluding hydrogens is 410 g/mol. The highest BCUT2D eigenvalue weighted by atomic mass is 127. The van der Waals surface area contributed by atoms with Gasteiger partial charge in [0.1, 0.15) is 13.2 Å². The summed E-state index contributed by atoms with van der Waals surface area (Å²) in [6.07, 6.45) is 0. The number of ether oxygens (including phenoxy) is 2. The molecule has 2 aromatic rings. The number of halogens is 3.